The number of hydrogen-bond donors (Lipinski definition) is 0. The van der Waals surface area contributed by atoms with Crippen LogP contribution in [-0.2, 0) is 16.6 Å². The molecule has 2 aromatic heterocycles. The van der Waals surface area contributed by atoms with Gasteiger partial charge in [-0.3, -0.25) is 9.69 Å². The molecule has 7 nitrogen and oxygen atoms in total. The van der Waals surface area contributed by atoms with E-state index in [0.717, 1.165) is 55.6 Å². The highest BCUT2D eigenvalue weighted by atomic mass is 32.2. The summed E-state index contributed by atoms with van der Waals surface area (Å²) in [5.74, 6) is -1.58. The smallest absolute Gasteiger partial charge is 0.260 e. The molecular formula is C26H25F2N3O4S2. The lowest BCUT2D eigenvalue weighted by Crippen LogP contribution is -2.38. The van der Waals surface area contributed by atoms with Crippen LogP contribution in [0.15, 0.2) is 64.1 Å². The summed E-state index contributed by atoms with van der Waals surface area (Å²) in [6.45, 7) is 0.000222. The lowest BCUT2D eigenvalue weighted by molar-refractivity contribution is 0.0983. The van der Waals surface area contributed by atoms with Crippen LogP contribution in [0, 0.1) is 11.6 Å². The number of thiazole rings is 1. The molecule has 0 spiro atoms. The molecule has 1 amide bonds. The molecule has 0 radical (unpaired) electrons. The largest absolute Gasteiger partial charge is 0.467 e. The van der Waals surface area contributed by atoms with Crippen molar-refractivity contribution in [3.05, 3.63) is 77.8 Å². The van der Waals surface area contributed by atoms with E-state index in [1.165, 1.54) is 39.7 Å². The van der Waals surface area contributed by atoms with Crippen LogP contribution >= 0.6 is 11.3 Å². The van der Waals surface area contributed by atoms with Gasteiger partial charge in [-0.05, 0) is 55.3 Å². The SMILES string of the molecule is CN(C1CCCCC1)S(=O)(=O)c1ccc(C(=O)N(Cc2ccco2)c2nc3c(F)cc(F)cc3s2)cc1. The number of halogens is 2. The van der Waals surface area contributed by atoms with Gasteiger partial charge < -0.3 is 4.42 Å². The summed E-state index contributed by atoms with van der Waals surface area (Å²) in [6.07, 6.45) is 6.26. The highest BCUT2D eigenvalue weighted by Crippen LogP contribution is 2.33. The molecule has 2 heterocycles. The molecule has 0 bridgehead atoms. The van der Waals surface area contributed by atoms with Crippen molar-refractivity contribution in [2.45, 2.75) is 49.6 Å². The molecule has 0 unspecified atom stereocenters. The van der Waals surface area contributed by atoms with Crippen LogP contribution in [0.4, 0.5) is 13.9 Å². The number of benzene rings is 2. The summed E-state index contributed by atoms with van der Waals surface area (Å²) in [4.78, 5) is 19.2. The Hall–Kier alpha value is -3.15. The first kappa shape index (κ1) is 25.5. The molecule has 1 saturated carbocycles. The van der Waals surface area contributed by atoms with E-state index in [1.807, 2.05) is 0 Å². The average molecular weight is 546 g/mol. The Morgan fingerprint density at radius 2 is 1.84 bits per heavy atom. The zero-order valence-electron chi connectivity index (χ0n) is 20.1. The predicted molar refractivity (Wildman–Crippen MR) is 137 cm³/mol. The molecule has 0 aliphatic heterocycles. The summed E-state index contributed by atoms with van der Waals surface area (Å²) in [7, 11) is -2.11. The van der Waals surface area contributed by atoms with Crippen LogP contribution in [0.2, 0.25) is 0 Å². The van der Waals surface area contributed by atoms with E-state index in [9.17, 15) is 22.0 Å². The Morgan fingerprint density at radius 3 is 2.51 bits per heavy atom. The van der Waals surface area contributed by atoms with Crippen molar-refractivity contribution in [2.24, 2.45) is 0 Å². The zero-order chi connectivity index (χ0) is 26.2. The highest BCUT2D eigenvalue weighted by Gasteiger charge is 2.30. The number of fused-ring (bicyclic) bond motifs is 1. The molecule has 1 aliphatic carbocycles. The van der Waals surface area contributed by atoms with Crippen molar-refractivity contribution >= 4 is 42.6 Å². The van der Waals surface area contributed by atoms with E-state index < -0.39 is 27.6 Å². The molecule has 11 heteroatoms. The average Bonchev–Trinajstić information content (AvgIpc) is 3.57. The maximum Gasteiger partial charge on any atom is 0.260 e. The van der Waals surface area contributed by atoms with Crippen molar-refractivity contribution in [2.75, 3.05) is 11.9 Å². The Balaban J connectivity index is 1.45. The maximum atomic E-state index is 14.3. The standard InChI is InChI=1S/C26H25F2N3O4S2/c1-30(19-6-3-2-4-7-19)37(33,34)21-11-9-17(10-12-21)25(32)31(16-20-8-5-13-35-20)26-29-24-22(28)14-18(27)15-23(24)36-26/h5,8-15,19H,2-4,6-7,16H2,1H3. The van der Waals surface area contributed by atoms with E-state index in [1.54, 1.807) is 19.2 Å². The monoisotopic (exact) mass is 545 g/mol. The van der Waals surface area contributed by atoms with Crippen LogP contribution < -0.4 is 4.90 Å². The van der Waals surface area contributed by atoms with Gasteiger partial charge >= 0.3 is 0 Å². The Kier molecular flexibility index (Phi) is 7.11. The van der Waals surface area contributed by atoms with Crippen molar-refractivity contribution < 1.29 is 26.4 Å². The molecule has 194 valence electrons. The summed E-state index contributed by atoms with van der Waals surface area (Å²) < 4.78 is 61.5. The Labute approximate surface area is 217 Å². The molecular weight excluding hydrogens is 520 g/mol. The quantitative estimate of drug-likeness (QED) is 0.286. The molecule has 0 saturated heterocycles. The lowest BCUT2D eigenvalue weighted by Gasteiger charge is -2.30. The zero-order valence-corrected chi connectivity index (χ0v) is 21.7. The lowest BCUT2D eigenvalue weighted by atomic mass is 9.96. The number of carbonyl (C=O) groups excluding carboxylic acids is 1. The normalized spacial score (nSPS) is 14.9. The van der Waals surface area contributed by atoms with Crippen molar-refractivity contribution in [3.63, 3.8) is 0 Å². The van der Waals surface area contributed by atoms with Gasteiger partial charge in [0.05, 0.1) is 22.4 Å². The van der Waals surface area contributed by atoms with Crippen LogP contribution in [0.3, 0.4) is 0 Å². The summed E-state index contributed by atoms with van der Waals surface area (Å²) in [5, 5.41) is 0.162. The van der Waals surface area contributed by atoms with Crippen molar-refractivity contribution in [1.29, 1.82) is 0 Å². The topological polar surface area (TPSA) is 83.7 Å². The molecule has 37 heavy (non-hydrogen) atoms. The second kappa shape index (κ2) is 10.3. The van der Waals surface area contributed by atoms with Gasteiger partial charge in [0.1, 0.15) is 17.1 Å². The fourth-order valence-corrected chi connectivity index (χ4v) is 7.00. The van der Waals surface area contributed by atoms with E-state index in [2.05, 4.69) is 4.98 Å². The van der Waals surface area contributed by atoms with Crippen molar-refractivity contribution in [1.82, 2.24) is 9.29 Å². The number of nitrogens with zero attached hydrogens (tertiary/aromatic N) is 3. The third kappa shape index (κ3) is 5.16. The number of sulfonamides is 1. The van der Waals surface area contributed by atoms with Crippen LogP contribution in [0.5, 0.6) is 0 Å². The number of aromatic nitrogens is 1. The number of anilines is 1. The first-order chi connectivity index (χ1) is 17.7. The molecule has 1 fully saturated rings. The van der Waals surface area contributed by atoms with Gasteiger partial charge in [-0.25, -0.2) is 22.2 Å². The van der Waals surface area contributed by atoms with Gasteiger partial charge in [-0.1, -0.05) is 30.6 Å². The summed E-state index contributed by atoms with van der Waals surface area (Å²) >= 11 is 0.975. The van der Waals surface area contributed by atoms with Crippen LogP contribution in [0.25, 0.3) is 10.2 Å². The maximum absolute atomic E-state index is 14.3. The number of furan rings is 1. The summed E-state index contributed by atoms with van der Waals surface area (Å²) in [5.41, 5.74) is 0.183. The van der Waals surface area contributed by atoms with Gasteiger partial charge in [0.25, 0.3) is 5.91 Å². The van der Waals surface area contributed by atoms with Gasteiger partial charge in [0.2, 0.25) is 10.0 Å². The minimum absolute atomic E-state index is 0.000222. The minimum Gasteiger partial charge on any atom is -0.467 e. The first-order valence-electron chi connectivity index (χ1n) is 11.9. The third-order valence-corrected chi connectivity index (χ3v) is 9.59. The number of hydrogen-bond acceptors (Lipinski definition) is 6. The molecule has 5 rings (SSSR count). The van der Waals surface area contributed by atoms with Crippen molar-refractivity contribution in [3.8, 4) is 0 Å². The van der Waals surface area contributed by atoms with Gasteiger partial charge in [-0.2, -0.15) is 4.31 Å². The number of carbonyl (C=O) groups is 1. The minimum atomic E-state index is -3.71. The Morgan fingerprint density at radius 1 is 1.11 bits per heavy atom. The van der Waals surface area contributed by atoms with E-state index in [0.29, 0.717) is 5.76 Å². The molecule has 0 N–H and O–H groups in total. The molecule has 0 atom stereocenters. The Bertz CT molecular complexity index is 1510. The molecule has 1 aliphatic rings. The van der Waals surface area contributed by atoms with Gasteiger partial charge in [0, 0.05) is 24.7 Å². The van der Waals surface area contributed by atoms with E-state index in [-0.39, 0.29) is 38.4 Å². The molecule has 2 aromatic carbocycles. The second-order valence-corrected chi connectivity index (χ2v) is 12.0. The van der Waals surface area contributed by atoms with Gasteiger partial charge in [0.15, 0.2) is 10.9 Å². The highest BCUT2D eigenvalue weighted by molar-refractivity contribution is 7.89. The summed E-state index contributed by atoms with van der Waals surface area (Å²) in [6, 6.07) is 11.0. The van der Waals surface area contributed by atoms with Crippen LogP contribution in [0.1, 0.15) is 48.2 Å². The second-order valence-electron chi connectivity index (χ2n) is 9.04. The molecule has 4 aromatic rings. The first-order valence-corrected chi connectivity index (χ1v) is 14.2. The van der Waals surface area contributed by atoms with Gasteiger partial charge in [-0.15, -0.1) is 0 Å². The predicted octanol–water partition coefficient (Wildman–Crippen LogP) is 5.97. The third-order valence-electron chi connectivity index (χ3n) is 6.64. The fourth-order valence-electron chi connectivity index (χ4n) is 4.58. The number of rotatable bonds is 7. The number of amides is 1. The van der Waals surface area contributed by atoms with E-state index in [4.69, 9.17) is 4.42 Å². The van der Waals surface area contributed by atoms with E-state index >= 15 is 0 Å². The fraction of sp³-hybridized carbons (Fsp3) is 0.308. The van der Waals surface area contributed by atoms with Crippen LogP contribution in [-0.4, -0.2) is 36.7 Å².